The summed E-state index contributed by atoms with van der Waals surface area (Å²) >= 11 is 0. The van der Waals surface area contributed by atoms with Gasteiger partial charge in [0.15, 0.2) is 5.78 Å². The van der Waals surface area contributed by atoms with Gasteiger partial charge in [0.25, 0.3) is 0 Å². The van der Waals surface area contributed by atoms with E-state index in [9.17, 15) is 9.59 Å². The molecule has 98 valence electrons. The Kier molecular flexibility index (Phi) is 5.08. The smallest absolute Gasteiger partial charge is 0.163 e. The van der Waals surface area contributed by atoms with Gasteiger partial charge in [-0.05, 0) is 29.7 Å². The fourth-order valence-corrected chi connectivity index (χ4v) is 1.55. The monoisotopic (exact) mass is 248 g/mol. The normalized spacial score (nSPS) is 11.1. The highest BCUT2D eigenvalue weighted by molar-refractivity contribution is 5.96. The zero-order valence-electron chi connectivity index (χ0n) is 11.2. The first-order valence-electron chi connectivity index (χ1n) is 6.12. The summed E-state index contributed by atoms with van der Waals surface area (Å²) in [4.78, 5) is 22.1. The summed E-state index contributed by atoms with van der Waals surface area (Å²) in [6.07, 6.45) is 1.73. The predicted octanol–water partition coefficient (Wildman–Crippen LogP) is 3.27. The number of benzene rings is 1. The lowest BCUT2D eigenvalue weighted by atomic mass is 9.88. The molecule has 3 nitrogen and oxygen atoms in total. The van der Waals surface area contributed by atoms with Gasteiger partial charge in [-0.2, -0.15) is 0 Å². The Bertz CT molecular complexity index is 399. The lowest BCUT2D eigenvalue weighted by Crippen LogP contribution is -2.12. The van der Waals surface area contributed by atoms with Crippen LogP contribution in [0.2, 0.25) is 0 Å². The van der Waals surface area contributed by atoms with E-state index in [4.69, 9.17) is 4.74 Å². The molecule has 1 aromatic carbocycles. The van der Waals surface area contributed by atoms with Gasteiger partial charge in [0.1, 0.15) is 12.0 Å². The number of ketones is 1. The van der Waals surface area contributed by atoms with Gasteiger partial charge in [0, 0.05) is 18.4 Å². The maximum Gasteiger partial charge on any atom is 0.163 e. The first-order chi connectivity index (χ1) is 8.42. The molecule has 1 rings (SSSR count). The Morgan fingerprint density at radius 1 is 1.22 bits per heavy atom. The van der Waals surface area contributed by atoms with E-state index in [1.54, 1.807) is 24.3 Å². The summed E-state index contributed by atoms with van der Waals surface area (Å²) in [5, 5.41) is 0. The first kappa shape index (κ1) is 14.4. The lowest BCUT2D eigenvalue weighted by molar-refractivity contribution is -0.108. The number of carbonyl (C=O) groups excluding carboxylic acids is 2. The SMILES string of the molecule is CC(C)(C)CC(=O)c1ccc(OCCC=O)cc1. The van der Waals surface area contributed by atoms with Gasteiger partial charge in [-0.3, -0.25) is 4.79 Å². The van der Waals surface area contributed by atoms with Crippen LogP contribution in [0.3, 0.4) is 0 Å². The van der Waals surface area contributed by atoms with Crippen molar-refractivity contribution in [3.8, 4) is 5.75 Å². The average Bonchev–Trinajstić information content (AvgIpc) is 2.28. The van der Waals surface area contributed by atoms with Gasteiger partial charge >= 0.3 is 0 Å². The molecule has 0 aliphatic rings. The zero-order chi connectivity index (χ0) is 13.6. The molecule has 0 amide bonds. The van der Waals surface area contributed by atoms with Gasteiger partial charge < -0.3 is 9.53 Å². The van der Waals surface area contributed by atoms with E-state index in [-0.39, 0.29) is 11.2 Å². The van der Waals surface area contributed by atoms with Crippen molar-refractivity contribution in [3.05, 3.63) is 29.8 Å². The van der Waals surface area contributed by atoms with Gasteiger partial charge in [0.2, 0.25) is 0 Å². The van der Waals surface area contributed by atoms with E-state index in [0.717, 1.165) is 6.29 Å². The van der Waals surface area contributed by atoms with Crippen LogP contribution in [0.4, 0.5) is 0 Å². The highest BCUT2D eigenvalue weighted by Gasteiger charge is 2.17. The number of aldehydes is 1. The highest BCUT2D eigenvalue weighted by atomic mass is 16.5. The van der Waals surface area contributed by atoms with Crippen LogP contribution < -0.4 is 4.74 Å². The quantitative estimate of drug-likeness (QED) is 0.441. The Morgan fingerprint density at radius 3 is 2.33 bits per heavy atom. The van der Waals surface area contributed by atoms with E-state index in [0.29, 0.717) is 30.8 Å². The van der Waals surface area contributed by atoms with Crippen LogP contribution in [0, 0.1) is 5.41 Å². The van der Waals surface area contributed by atoms with Crippen molar-refractivity contribution in [2.75, 3.05) is 6.61 Å². The van der Waals surface area contributed by atoms with Gasteiger partial charge in [-0.1, -0.05) is 20.8 Å². The molecule has 0 saturated heterocycles. The third-order valence-electron chi connectivity index (χ3n) is 2.37. The Balaban J connectivity index is 2.59. The molecule has 0 fully saturated rings. The van der Waals surface area contributed by atoms with Crippen molar-refractivity contribution >= 4 is 12.1 Å². The third-order valence-corrected chi connectivity index (χ3v) is 2.37. The Hall–Kier alpha value is -1.64. The zero-order valence-corrected chi connectivity index (χ0v) is 11.2. The minimum atomic E-state index is -0.00375. The van der Waals surface area contributed by atoms with Crippen LogP contribution in [0.1, 0.15) is 44.0 Å². The predicted molar refractivity (Wildman–Crippen MR) is 71.0 cm³/mol. The van der Waals surface area contributed by atoms with Crippen LogP contribution in [0.5, 0.6) is 5.75 Å². The second kappa shape index (κ2) is 6.34. The Morgan fingerprint density at radius 2 is 1.83 bits per heavy atom. The molecule has 0 unspecified atom stereocenters. The summed E-state index contributed by atoms with van der Waals surface area (Å²) in [5.74, 6) is 0.825. The number of hydrogen-bond acceptors (Lipinski definition) is 3. The van der Waals surface area contributed by atoms with Crippen molar-refractivity contribution in [1.29, 1.82) is 0 Å². The Labute approximate surface area is 108 Å². The molecule has 0 spiro atoms. The largest absolute Gasteiger partial charge is 0.493 e. The van der Waals surface area contributed by atoms with Gasteiger partial charge in [-0.25, -0.2) is 0 Å². The molecule has 0 N–H and O–H groups in total. The third kappa shape index (κ3) is 5.13. The van der Waals surface area contributed by atoms with Crippen molar-refractivity contribution < 1.29 is 14.3 Å². The molecule has 1 aromatic rings. The molecule has 0 aromatic heterocycles. The lowest BCUT2D eigenvalue weighted by Gasteiger charge is -2.16. The van der Waals surface area contributed by atoms with E-state index in [2.05, 4.69) is 0 Å². The second-order valence-electron chi connectivity index (χ2n) is 5.49. The average molecular weight is 248 g/mol. The van der Waals surface area contributed by atoms with Crippen LogP contribution in [0.25, 0.3) is 0 Å². The molecule has 18 heavy (non-hydrogen) atoms. The molecular weight excluding hydrogens is 228 g/mol. The van der Waals surface area contributed by atoms with E-state index < -0.39 is 0 Å². The number of ether oxygens (including phenoxy) is 1. The summed E-state index contributed by atoms with van der Waals surface area (Å²) in [7, 11) is 0. The fraction of sp³-hybridized carbons (Fsp3) is 0.467. The van der Waals surface area contributed by atoms with Crippen molar-refractivity contribution in [1.82, 2.24) is 0 Å². The summed E-state index contributed by atoms with van der Waals surface area (Å²) in [5.41, 5.74) is 0.698. The van der Waals surface area contributed by atoms with Crippen LogP contribution >= 0.6 is 0 Å². The summed E-state index contributed by atoms with van der Waals surface area (Å²) < 4.78 is 5.34. The number of Topliss-reactive ketones (excluding diaryl/α,β-unsaturated/α-hetero) is 1. The fourth-order valence-electron chi connectivity index (χ4n) is 1.55. The topological polar surface area (TPSA) is 43.4 Å². The van der Waals surface area contributed by atoms with Crippen LogP contribution in [-0.2, 0) is 4.79 Å². The van der Waals surface area contributed by atoms with E-state index in [1.807, 2.05) is 20.8 Å². The van der Waals surface area contributed by atoms with E-state index in [1.165, 1.54) is 0 Å². The number of rotatable bonds is 6. The molecule has 0 aliphatic carbocycles. The van der Waals surface area contributed by atoms with Crippen molar-refractivity contribution in [3.63, 3.8) is 0 Å². The highest BCUT2D eigenvalue weighted by Crippen LogP contribution is 2.22. The van der Waals surface area contributed by atoms with Crippen LogP contribution in [-0.4, -0.2) is 18.7 Å². The molecule has 3 heteroatoms. The minimum Gasteiger partial charge on any atom is -0.493 e. The van der Waals surface area contributed by atoms with Gasteiger partial charge in [0.05, 0.1) is 6.61 Å². The standard InChI is InChI=1S/C15H20O3/c1-15(2,3)11-14(17)12-5-7-13(8-6-12)18-10-4-9-16/h5-9H,4,10-11H2,1-3H3. The van der Waals surface area contributed by atoms with Crippen molar-refractivity contribution in [2.24, 2.45) is 5.41 Å². The molecule has 0 aliphatic heterocycles. The number of carbonyl (C=O) groups is 2. The van der Waals surface area contributed by atoms with Crippen LogP contribution in [0.15, 0.2) is 24.3 Å². The number of hydrogen-bond donors (Lipinski definition) is 0. The van der Waals surface area contributed by atoms with Gasteiger partial charge in [-0.15, -0.1) is 0 Å². The molecule has 0 heterocycles. The maximum absolute atomic E-state index is 11.9. The molecule has 0 saturated carbocycles. The summed E-state index contributed by atoms with van der Waals surface area (Å²) in [6, 6.07) is 7.07. The molecule has 0 atom stereocenters. The molecule has 0 radical (unpaired) electrons. The second-order valence-corrected chi connectivity index (χ2v) is 5.49. The summed E-state index contributed by atoms with van der Waals surface area (Å²) in [6.45, 7) is 6.50. The minimum absolute atomic E-state index is 0.00375. The van der Waals surface area contributed by atoms with E-state index >= 15 is 0 Å². The van der Waals surface area contributed by atoms with Crippen molar-refractivity contribution in [2.45, 2.75) is 33.6 Å². The maximum atomic E-state index is 11.9. The first-order valence-corrected chi connectivity index (χ1v) is 6.12. The molecular formula is C15H20O3. The molecule has 0 bridgehead atoms.